The lowest BCUT2D eigenvalue weighted by molar-refractivity contribution is -0.161. The molecule has 0 radical (unpaired) electrons. The molecule has 1 aliphatic heterocycles. The summed E-state index contributed by atoms with van der Waals surface area (Å²) in [6.45, 7) is 4.89. The summed E-state index contributed by atoms with van der Waals surface area (Å²) in [4.78, 5) is 55.7. The zero-order valence-corrected chi connectivity index (χ0v) is 20.9. The first-order valence-electron chi connectivity index (χ1n) is 12.0. The van der Waals surface area contributed by atoms with Crippen LogP contribution < -0.4 is 16.0 Å². The molecular weight excluding hydrogens is 480 g/mol. The van der Waals surface area contributed by atoms with E-state index in [4.69, 9.17) is 4.74 Å². The fourth-order valence-electron chi connectivity index (χ4n) is 4.01. The van der Waals surface area contributed by atoms with Gasteiger partial charge in [-0.05, 0) is 37.0 Å². The minimum absolute atomic E-state index is 0.192. The number of nitrogens with one attached hydrogen (secondary N) is 3. The first-order valence-corrected chi connectivity index (χ1v) is 12.0. The number of hydrogen-bond donors (Lipinski definition) is 5. The molecule has 3 amide bonds. The number of cyclic esters (lactones) is 1. The number of aliphatic hydroxyl groups is 1. The highest BCUT2D eigenvalue weighted by atomic mass is 16.5. The van der Waals surface area contributed by atoms with Crippen LogP contribution in [0.25, 0.3) is 0 Å². The van der Waals surface area contributed by atoms with Crippen LogP contribution in [0.4, 0.5) is 0 Å². The number of nitrogens with zero attached hydrogens (tertiary/aromatic N) is 1. The van der Waals surface area contributed by atoms with Crippen molar-refractivity contribution in [2.24, 2.45) is 5.92 Å². The SMILES string of the molecule is CC(C)C1OC(=O)C[C@H](O)[C@H](Cc2ccccc2)NC(=O)[C@@H](NC(=O)c2ncccc2O)[C@@H](C)NC1=O. The van der Waals surface area contributed by atoms with E-state index in [1.165, 1.54) is 25.3 Å². The van der Waals surface area contributed by atoms with Crippen molar-refractivity contribution in [1.82, 2.24) is 20.9 Å². The molecule has 5 N–H and O–H groups in total. The smallest absolute Gasteiger partial charge is 0.309 e. The predicted octanol–water partition coefficient (Wildman–Crippen LogP) is 0.450. The monoisotopic (exact) mass is 512 g/mol. The minimum Gasteiger partial charge on any atom is -0.505 e. The van der Waals surface area contributed by atoms with Crippen LogP contribution in [-0.4, -0.2) is 69.2 Å². The zero-order valence-electron chi connectivity index (χ0n) is 20.9. The molecular formula is C26H32N4O7. The maximum Gasteiger partial charge on any atom is 0.309 e. The molecule has 11 nitrogen and oxygen atoms in total. The van der Waals surface area contributed by atoms with Gasteiger partial charge in [-0.2, -0.15) is 0 Å². The third-order valence-corrected chi connectivity index (χ3v) is 6.03. The Labute approximate surface area is 214 Å². The number of hydrogen-bond acceptors (Lipinski definition) is 8. The van der Waals surface area contributed by atoms with Gasteiger partial charge in [-0.25, -0.2) is 4.98 Å². The third kappa shape index (κ3) is 7.26. The quantitative estimate of drug-likeness (QED) is 0.360. The van der Waals surface area contributed by atoms with Crippen LogP contribution in [0.2, 0.25) is 0 Å². The first-order chi connectivity index (χ1) is 17.6. The van der Waals surface area contributed by atoms with Crippen molar-refractivity contribution in [1.29, 1.82) is 0 Å². The number of benzene rings is 1. The van der Waals surface area contributed by atoms with E-state index in [0.717, 1.165) is 5.56 Å². The summed E-state index contributed by atoms with van der Waals surface area (Å²) in [6.07, 6.45) is -1.46. The van der Waals surface area contributed by atoms with Crippen molar-refractivity contribution in [2.75, 3.05) is 0 Å². The Morgan fingerprint density at radius 2 is 1.81 bits per heavy atom. The number of rotatable bonds is 5. The molecule has 1 fully saturated rings. The highest BCUT2D eigenvalue weighted by Crippen LogP contribution is 2.16. The second-order valence-corrected chi connectivity index (χ2v) is 9.35. The molecule has 1 saturated heterocycles. The van der Waals surface area contributed by atoms with E-state index in [0.29, 0.717) is 0 Å². The van der Waals surface area contributed by atoms with Gasteiger partial charge >= 0.3 is 5.97 Å². The zero-order chi connectivity index (χ0) is 27.1. The summed E-state index contributed by atoms with van der Waals surface area (Å²) < 4.78 is 5.39. The molecule has 0 saturated carbocycles. The number of aromatic hydroxyl groups is 1. The van der Waals surface area contributed by atoms with Gasteiger partial charge in [0.15, 0.2) is 11.8 Å². The van der Waals surface area contributed by atoms with E-state index in [9.17, 15) is 29.4 Å². The van der Waals surface area contributed by atoms with Crippen LogP contribution in [0.1, 0.15) is 43.2 Å². The lowest BCUT2D eigenvalue weighted by Gasteiger charge is -2.32. The van der Waals surface area contributed by atoms with Crippen molar-refractivity contribution in [3.05, 3.63) is 59.9 Å². The van der Waals surface area contributed by atoms with Gasteiger partial charge in [-0.15, -0.1) is 0 Å². The Balaban J connectivity index is 1.95. The Morgan fingerprint density at radius 3 is 2.46 bits per heavy atom. The lowest BCUT2D eigenvalue weighted by atomic mass is 9.97. The van der Waals surface area contributed by atoms with Crippen LogP contribution in [-0.2, 0) is 25.5 Å². The number of esters is 1. The summed E-state index contributed by atoms with van der Waals surface area (Å²) in [5, 5.41) is 28.8. The fraction of sp³-hybridized carbons (Fsp3) is 0.423. The Bertz CT molecular complexity index is 1120. The van der Waals surface area contributed by atoms with Crippen LogP contribution in [0.15, 0.2) is 48.7 Å². The van der Waals surface area contributed by atoms with Gasteiger partial charge in [-0.1, -0.05) is 44.2 Å². The number of carbonyl (C=O) groups is 4. The highest BCUT2D eigenvalue weighted by molar-refractivity contribution is 5.98. The van der Waals surface area contributed by atoms with Gasteiger partial charge in [0.05, 0.1) is 24.6 Å². The maximum absolute atomic E-state index is 13.5. The molecule has 5 atom stereocenters. The minimum atomic E-state index is -1.33. The van der Waals surface area contributed by atoms with E-state index < -0.39 is 66.4 Å². The van der Waals surface area contributed by atoms with Crippen molar-refractivity contribution in [3.8, 4) is 5.75 Å². The Hall–Kier alpha value is -3.99. The van der Waals surface area contributed by atoms with Crippen LogP contribution in [0.5, 0.6) is 5.75 Å². The van der Waals surface area contributed by atoms with Crippen molar-refractivity contribution >= 4 is 23.7 Å². The van der Waals surface area contributed by atoms with Gasteiger partial charge < -0.3 is 30.9 Å². The normalized spacial score (nSPS) is 25.2. The molecule has 0 spiro atoms. The summed E-state index contributed by atoms with van der Waals surface area (Å²) in [5.41, 5.74) is 0.502. The second kappa shape index (κ2) is 12.3. The van der Waals surface area contributed by atoms with Crippen molar-refractivity contribution in [3.63, 3.8) is 0 Å². The van der Waals surface area contributed by atoms with Gasteiger partial charge in [0.1, 0.15) is 11.8 Å². The molecule has 0 bridgehead atoms. The number of aliphatic hydroxyl groups excluding tert-OH is 1. The lowest BCUT2D eigenvalue weighted by Crippen LogP contribution is -2.62. The average Bonchev–Trinajstić information content (AvgIpc) is 2.85. The predicted molar refractivity (Wildman–Crippen MR) is 132 cm³/mol. The second-order valence-electron chi connectivity index (χ2n) is 9.35. The summed E-state index contributed by atoms with van der Waals surface area (Å²) >= 11 is 0. The van der Waals surface area contributed by atoms with Crippen molar-refractivity contribution < 1.29 is 34.1 Å². The molecule has 0 aliphatic carbocycles. The topological polar surface area (TPSA) is 167 Å². The fourth-order valence-corrected chi connectivity index (χ4v) is 4.01. The van der Waals surface area contributed by atoms with Gasteiger partial charge in [0.2, 0.25) is 5.91 Å². The Kier molecular flexibility index (Phi) is 9.18. The number of ether oxygens (including phenoxy) is 1. The van der Waals surface area contributed by atoms with E-state index in [1.807, 2.05) is 18.2 Å². The molecule has 37 heavy (non-hydrogen) atoms. The van der Waals surface area contributed by atoms with E-state index in [1.54, 1.807) is 26.0 Å². The average molecular weight is 513 g/mol. The van der Waals surface area contributed by atoms with Gasteiger partial charge in [-0.3, -0.25) is 19.2 Å². The Morgan fingerprint density at radius 1 is 1.11 bits per heavy atom. The van der Waals surface area contributed by atoms with E-state index in [2.05, 4.69) is 20.9 Å². The summed E-state index contributed by atoms with van der Waals surface area (Å²) in [7, 11) is 0. The standard InChI is InChI=1S/C26H32N4O7/c1-14(2)23-26(36)28-15(3)21(30-25(35)22-18(31)10-7-11-27-22)24(34)29-17(19(32)13-20(33)37-23)12-16-8-5-4-6-9-16/h4-11,14-15,17,19,21,23,31-32H,12-13H2,1-3H3,(H,28,36)(H,29,34)(H,30,35)/t15-,17+,19+,21+,23?/m1/s1. The highest BCUT2D eigenvalue weighted by Gasteiger charge is 2.37. The first kappa shape index (κ1) is 27.6. The maximum atomic E-state index is 13.5. The molecule has 3 rings (SSSR count). The number of amides is 3. The molecule has 1 unspecified atom stereocenters. The molecule has 1 aliphatic rings. The summed E-state index contributed by atoms with van der Waals surface area (Å²) in [6, 6.07) is 8.60. The number of aromatic nitrogens is 1. The van der Waals surface area contributed by atoms with Crippen LogP contribution in [0, 0.1) is 5.92 Å². The third-order valence-electron chi connectivity index (χ3n) is 6.03. The molecule has 2 aromatic rings. The number of carbonyl (C=O) groups excluding carboxylic acids is 4. The largest absolute Gasteiger partial charge is 0.505 e. The van der Waals surface area contributed by atoms with E-state index >= 15 is 0 Å². The molecule has 1 aromatic carbocycles. The van der Waals surface area contributed by atoms with Gasteiger partial charge in [0, 0.05) is 6.20 Å². The van der Waals surface area contributed by atoms with Crippen LogP contribution in [0.3, 0.4) is 0 Å². The van der Waals surface area contributed by atoms with E-state index in [-0.39, 0.29) is 17.9 Å². The molecule has 2 heterocycles. The van der Waals surface area contributed by atoms with Crippen molar-refractivity contribution in [2.45, 2.75) is 63.9 Å². The molecule has 11 heteroatoms. The van der Waals surface area contributed by atoms with Gasteiger partial charge in [0.25, 0.3) is 11.8 Å². The summed E-state index contributed by atoms with van der Waals surface area (Å²) in [5.74, 6) is -3.75. The molecule has 198 valence electrons. The number of pyridine rings is 1. The molecule has 1 aromatic heterocycles. The van der Waals surface area contributed by atoms with Crippen LogP contribution >= 0.6 is 0 Å².